The highest BCUT2D eigenvalue weighted by atomic mass is 32.2. The average molecular weight is 282 g/mol. The van der Waals surface area contributed by atoms with Crippen molar-refractivity contribution in [3.05, 3.63) is 29.8 Å². The Morgan fingerprint density at radius 2 is 1.89 bits per heavy atom. The van der Waals surface area contributed by atoms with E-state index in [1.54, 1.807) is 25.1 Å². The Morgan fingerprint density at radius 1 is 1.26 bits per heavy atom. The van der Waals surface area contributed by atoms with Gasteiger partial charge in [0.25, 0.3) is 0 Å². The van der Waals surface area contributed by atoms with Crippen molar-refractivity contribution in [1.29, 1.82) is 0 Å². The zero-order chi connectivity index (χ0) is 14.3. The number of hydrogen-bond acceptors (Lipinski definition) is 3. The molecule has 1 aliphatic rings. The molecule has 0 fully saturated rings. The molecule has 106 valence electrons. The summed E-state index contributed by atoms with van der Waals surface area (Å²) < 4.78 is 26.3. The van der Waals surface area contributed by atoms with Crippen molar-refractivity contribution in [2.24, 2.45) is 0 Å². The van der Waals surface area contributed by atoms with Gasteiger partial charge in [0, 0.05) is 19.1 Å². The van der Waals surface area contributed by atoms with Gasteiger partial charge in [-0.15, -0.1) is 0 Å². The predicted molar refractivity (Wildman–Crippen MR) is 78.8 cm³/mol. The molecule has 1 atom stereocenters. The number of sulfonamides is 1. The fraction of sp³-hybridized carbons (Fsp3) is 0.571. The molecule has 4 nitrogen and oxygen atoms in total. The van der Waals surface area contributed by atoms with E-state index in [0.29, 0.717) is 13.1 Å². The van der Waals surface area contributed by atoms with E-state index < -0.39 is 14.8 Å². The number of benzene rings is 1. The van der Waals surface area contributed by atoms with Crippen molar-refractivity contribution in [2.45, 2.75) is 45.0 Å². The molecule has 0 aliphatic carbocycles. The van der Waals surface area contributed by atoms with Crippen molar-refractivity contribution >= 4 is 15.7 Å². The molecular weight excluding hydrogens is 260 g/mol. The Hall–Kier alpha value is -1.07. The lowest BCUT2D eigenvalue weighted by Gasteiger charge is -2.32. The molecule has 1 heterocycles. The van der Waals surface area contributed by atoms with Crippen molar-refractivity contribution in [3.8, 4) is 0 Å². The molecule has 0 aromatic heterocycles. The third kappa shape index (κ3) is 2.62. The van der Waals surface area contributed by atoms with E-state index in [9.17, 15) is 8.42 Å². The first-order valence-electron chi connectivity index (χ1n) is 6.57. The normalized spacial score (nSPS) is 20.8. The Kier molecular flexibility index (Phi) is 3.62. The molecule has 0 bridgehead atoms. The molecule has 1 unspecified atom stereocenters. The minimum atomic E-state index is -3.38. The van der Waals surface area contributed by atoms with Crippen LogP contribution in [0.5, 0.6) is 0 Å². The van der Waals surface area contributed by atoms with Crippen LogP contribution >= 0.6 is 0 Å². The second-order valence-electron chi connectivity index (χ2n) is 6.06. The van der Waals surface area contributed by atoms with Crippen LogP contribution in [-0.2, 0) is 16.6 Å². The van der Waals surface area contributed by atoms with Crippen LogP contribution in [0.4, 0.5) is 5.69 Å². The standard InChI is InChI=1S/C14H22N2O2S/c1-11-10-16(19(17,18)14(2,3)4)13-8-6-5-7-12(13)9-15-11/h5-8,11,15H,9-10H2,1-4H3. The highest BCUT2D eigenvalue weighted by Gasteiger charge is 2.37. The molecule has 1 aliphatic heterocycles. The molecule has 0 spiro atoms. The van der Waals surface area contributed by atoms with Gasteiger partial charge in [-0.25, -0.2) is 8.42 Å². The van der Waals surface area contributed by atoms with Gasteiger partial charge >= 0.3 is 0 Å². The Labute approximate surface area is 115 Å². The van der Waals surface area contributed by atoms with Crippen molar-refractivity contribution in [1.82, 2.24) is 5.32 Å². The summed E-state index contributed by atoms with van der Waals surface area (Å²) in [6.45, 7) is 8.41. The lowest BCUT2D eigenvalue weighted by molar-refractivity contribution is 0.537. The number of nitrogens with one attached hydrogen (secondary N) is 1. The van der Waals surface area contributed by atoms with Crippen molar-refractivity contribution in [3.63, 3.8) is 0 Å². The summed E-state index contributed by atoms with van der Waals surface area (Å²) in [5.41, 5.74) is 1.83. The summed E-state index contributed by atoms with van der Waals surface area (Å²) in [4.78, 5) is 0. The molecule has 1 N–H and O–H groups in total. The molecule has 0 saturated carbocycles. The van der Waals surface area contributed by atoms with Crippen LogP contribution in [-0.4, -0.2) is 25.8 Å². The maximum absolute atomic E-state index is 12.8. The molecule has 0 amide bonds. The highest BCUT2D eigenvalue weighted by molar-refractivity contribution is 7.94. The van der Waals surface area contributed by atoms with E-state index in [4.69, 9.17) is 0 Å². The van der Waals surface area contributed by atoms with Crippen LogP contribution in [0.1, 0.15) is 33.3 Å². The van der Waals surface area contributed by atoms with E-state index in [1.165, 1.54) is 0 Å². The summed E-state index contributed by atoms with van der Waals surface area (Å²) >= 11 is 0. The van der Waals surface area contributed by atoms with E-state index >= 15 is 0 Å². The predicted octanol–water partition coefficient (Wildman–Crippen LogP) is 2.11. The van der Waals surface area contributed by atoms with Gasteiger partial charge in [0.2, 0.25) is 10.0 Å². The van der Waals surface area contributed by atoms with E-state index in [2.05, 4.69) is 5.32 Å². The molecule has 1 aromatic carbocycles. The number of anilines is 1. The van der Waals surface area contributed by atoms with Crippen molar-refractivity contribution < 1.29 is 8.42 Å². The average Bonchev–Trinajstić information content (AvgIpc) is 2.48. The first kappa shape index (κ1) is 14.3. The molecule has 1 aromatic rings. The maximum Gasteiger partial charge on any atom is 0.240 e. The second kappa shape index (κ2) is 4.80. The zero-order valence-electron chi connectivity index (χ0n) is 12.0. The molecular formula is C14H22N2O2S. The van der Waals surface area contributed by atoms with Gasteiger partial charge in [0.15, 0.2) is 0 Å². The Bertz CT molecular complexity index is 561. The highest BCUT2D eigenvalue weighted by Crippen LogP contribution is 2.30. The number of nitrogens with zero attached hydrogens (tertiary/aromatic N) is 1. The smallest absolute Gasteiger partial charge is 0.240 e. The van der Waals surface area contributed by atoms with E-state index in [1.807, 2.05) is 31.2 Å². The lowest BCUT2D eigenvalue weighted by Crippen LogP contribution is -2.47. The number of hydrogen-bond donors (Lipinski definition) is 1. The largest absolute Gasteiger partial charge is 0.308 e. The molecule has 0 saturated heterocycles. The molecule has 19 heavy (non-hydrogen) atoms. The SMILES string of the molecule is CC1CN(S(=O)(=O)C(C)(C)C)c2ccccc2CN1. The summed E-state index contributed by atoms with van der Waals surface area (Å²) in [5.74, 6) is 0. The van der Waals surface area contributed by atoms with E-state index in [-0.39, 0.29) is 6.04 Å². The van der Waals surface area contributed by atoms with Crippen LogP contribution in [0, 0.1) is 0 Å². The van der Waals surface area contributed by atoms with Gasteiger partial charge in [-0.2, -0.15) is 0 Å². The van der Waals surface area contributed by atoms with Gasteiger partial charge in [0.1, 0.15) is 0 Å². The van der Waals surface area contributed by atoms with Crippen LogP contribution in [0.2, 0.25) is 0 Å². The maximum atomic E-state index is 12.8. The summed E-state index contributed by atoms with van der Waals surface area (Å²) in [5, 5.41) is 3.35. The first-order valence-corrected chi connectivity index (χ1v) is 8.01. The quantitative estimate of drug-likeness (QED) is 0.858. The fourth-order valence-electron chi connectivity index (χ4n) is 2.16. The summed E-state index contributed by atoms with van der Waals surface area (Å²) in [6, 6.07) is 7.83. The Balaban J connectivity index is 2.55. The number of para-hydroxylation sites is 1. The van der Waals surface area contributed by atoms with Crippen LogP contribution in [0.15, 0.2) is 24.3 Å². The topological polar surface area (TPSA) is 49.4 Å². The van der Waals surface area contributed by atoms with Gasteiger partial charge in [-0.3, -0.25) is 4.31 Å². The van der Waals surface area contributed by atoms with Crippen LogP contribution in [0.25, 0.3) is 0 Å². The second-order valence-corrected chi connectivity index (χ2v) is 8.67. The fourth-order valence-corrected chi connectivity index (χ4v) is 3.68. The third-order valence-corrected chi connectivity index (χ3v) is 5.88. The van der Waals surface area contributed by atoms with Gasteiger partial charge in [-0.1, -0.05) is 18.2 Å². The van der Waals surface area contributed by atoms with Gasteiger partial charge in [-0.05, 0) is 39.3 Å². The van der Waals surface area contributed by atoms with Gasteiger partial charge in [0.05, 0.1) is 10.4 Å². The van der Waals surface area contributed by atoms with Crippen LogP contribution in [0.3, 0.4) is 0 Å². The number of fused-ring (bicyclic) bond motifs is 1. The zero-order valence-corrected chi connectivity index (χ0v) is 12.8. The molecule has 0 radical (unpaired) electrons. The summed E-state index contributed by atoms with van der Waals surface area (Å²) in [7, 11) is -3.38. The monoisotopic (exact) mass is 282 g/mol. The minimum Gasteiger partial charge on any atom is -0.308 e. The first-order chi connectivity index (χ1) is 8.73. The molecule has 2 rings (SSSR count). The molecule has 5 heteroatoms. The number of rotatable bonds is 1. The summed E-state index contributed by atoms with van der Waals surface area (Å²) in [6.07, 6.45) is 0. The van der Waals surface area contributed by atoms with Crippen molar-refractivity contribution in [2.75, 3.05) is 10.8 Å². The van der Waals surface area contributed by atoms with Gasteiger partial charge < -0.3 is 5.32 Å². The lowest BCUT2D eigenvalue weighted by atomic mass is 10.2. The van der Waals surface area contributed by atoms with E-state index in [0.717, 1.165) is 11.3 Å². The third-order valence-electron chi connectivity index (χ3n) is 3.40. The minimum absolute atomic E-state index is 0.129. The van der Waals surface area contributed by atoms with Crippen LogP contribution < -0.4 is 9.62 Å². The Morgan fingerprint density at radius 3 is 2.53 bits per heavy atom.